The minimum Gasteiger partial charge on any atom is -0.391 e. The molecule has 0 spiro atoms. The van der Waals surface area contributed by atoms with E-state index in [4.69, 9.17) is 0 Å². The molecule has 1 aromatic carbocycles. The summed E-state index contributed by atoms with van der Waals surface area (Å²) < 4.78 is 12.9. The molecule has 1 saturated heterocycles. The first-order chi connectivity index (χ1) is 7.08. The van der Waals surface area contributed by atoms with Gasteiger partial charge in [0.25, 0.3) is 0 Å². The molecule has 1 heterocycles. The molecule has 1 unspecified atom stereocenters. The molecule has 0 aliphatic carbocycles. The highest BCUT2D eigenvalue weighted by Crippen LogP contribution is 2.25. The normalized spacial score (nSPS) is 21.1. The average Bonchev–Trinajstić information content (AvgIpc) is 2.45. The topological polar surface area (TPSA) is 40.5 Å². The number of β-amino-alcohol motifs (C(OH)–C–C–N with tert-alkyl or cyclic N) is 1. The number of amides is 1. The van der Waals surface area contributed by atoms with Crippen LogP contribution in [0.3, 0.4) is 0 Å². The number of aliphatic hydroxyl groups excluding tert-OH is 1. The fraction of sp³-hybridized carbons (Fsp3) is 0.364. The predicted octanol–water partition coefficient (Wildman–Crippen LogP) is 1.23. The van der Waals surface area contributed by atoms with Crippen molar-refractivity contribution in [3.63, 3.8) is 0 Å². The molecular formula is C11H12FNO2. The second-order valence-electron chi connectivity index (χ2n) is 3.79. The number of halogens is 1. The van der Waals surface area contributed by atoms with Crippen molar-refractivity contribution in [1.29, 1.82) is 0 Å². The van der Waals surface area contributed by atoms with Gasteiger partial charge in [0.2, 0.25) is 5.91 Å². The van der Waals surface area contributed by atoms with Gasteiger partial charge in [-0.05, 0) is 30.7 Å². The number of anilines is 1. The number of carbonyl (C=O) groups is 1. The molecule has 1 aliphatic heterocycles. The molecule has 0 aromatic heterocycles. The Balaban J connectivity index is 2.34. The van der Waals surface area contributed by atoms with Crippen molar-refractivity contribution < 1.29 is 14.3 Å². The van der Waals surface area contributed by atoms with Gasteiger partial charge >= 0.3 is 0 Å². The quantitative estimate of drug-likeness (QED) is 0.755. The number of aryl methyl sites for hydroxylation is 1. The van der Waals surface area contributed by atoms with Crippen LogP contribution in [0.2, 0.25) is 0 Å². The first-order valence-electron chi connectivity index (χ1n) is 4.82. The molecule has 1 N–H and O–H groups in total. The van der Waals surface area contributed by atoms with E-state index in [2.05, 4.69) is 0 Å². The van der Waals surface area contributed by atoms with Crippen molar-refractivity contribution in [1.82, 2.24) is 0 Å². The third-order valence-corrected chi connectivity index (χ3v) is 2.55. The third kappa shape index (κ3) is 1.85. The van der Waals surface area contributed by atoms with E-state index < -0.39 is 6.10 Å². The van der Waals surface area contributed by atoms with Crippen LogP contribution in [-0.4, -0.2) is 23.7 Å². The lowest BCUT2D eigenvalue weighted by Crippen LogP contribution is -2.25. The summed E-state index contributed by atoms with van der Waals surface area (Å²) in [6.07, 6.45) is -0.460. The van der Waals surface area contributed by atoms with E-state index >= 15 is 0 Å². The van der Waals surface area contributed by atoms with Crippen LogP contribution < -0.4 is 4.90 Å². The van der Waals surface area contributed by atoms with Crippen LogP contribution in [0, 0.1) is 12.7 Å². The Morgan fingerprint density at radius 2 is 2.27 bits per heavy atom. The number of nitrogens with zero attached hydrogens (tertiary/aromatic N) is 1. The summed E-state index contributed by atoms with van der Waals surface area (Å²) in [7, 11) is 0. The number of aliphatic hydroxyl groups is 1. The zero-order chi connectivity index (χ0) is 11.0. The zero-order valence-electron chi connectivity index (χ0n) is 8.40. The molecule has 3 nitrogen and oxygen atoms in total. The Bertz CT molecular complexity index is 406. The minimum atomic E-state index is -0.609. The highest BCUT2D eigenvalue weighted by atomic mass is 19.1. The van der Waals surface area contributed by atoms with Gasteiger partial charge in [0, 0.05) is 5.69 Å². The Kier molecular flexibility index (Phi) is 2.44. The van der Waals surface area contributed by atoms with Gasteiger partial charge in [0.15, 0.2) is 0 Å². The summed E-state index contributed by atoms with van der Waals surface area (Å²) in [5.74, 6) is -0.430. The van der Waals surface area contributed by atoms with Gasteiger partial charge in [0.1, 0.15) is 5.82 Å². The highest BCUT2D eigenvalue weighted by molar-refractivity contribution is 5.96. The second kappa shape index (κ2) is 3.62. The maximum atomic E-state index is 12.9. The number of hydrogen-bond acceptors (Lipinski definition) is 2. The summed E-state index contributed by atoms with van der Waals surface area (Å²) in [5.41, 5.74) is 1.38. The van der Waals surface area contributed by atoms with Crippen LogP contribution in [0.1, 0.15) is 12.0 Å². The molecule has 80 valence electrons. The molecule has 0 bridgehead atoms. The first kappa shape index (κ1) is 10.1. The lowest BCUT2D eigenvalue weighted by Gasteiger charge is -2.18. The fourth-order valence-electron chi connectivity index (χ4n) is 1.84. The summed E-state index contributed by atoms with van der Waals surface area (Å²) in [5, 5.41) is 9.34. The molecular weight excluding hydrogens is 197 g/mol. The SMILES string of the molecule is Cc1cc(F)ccc1N1CC(O)CC1=O. The second-order valence-corrected chi connectivity index (χ2v) is 3.79. The molecule has 1 amide bonds. The van der Waals surface area contributed by atoms with Gasteiger partial charge in [0.05, 0.1) is 19.1 Å². The van der Waals surface area contributed by atoms with Gasteiger partial charge in [-0.2, -0.15) is 0 Å². The maximum Gasteiger partial charge on any atom is 0.229 e. The number of rotatable bonds is 1. The van der Waals surface area contributed by atoms with Crippen molar-refractivity contribution in [2.75, 3.05) is 11.4 Å². The smallest absolute Gasteiger partial charge is 0.229 e. The van der Waals surface area contributed by atoms with Crippen LogP contribution >= 0.6 is 0 Å². The summed E-state index contributed by atoms with van der Waals surface area (Å²) in [4.78, 5) is 13.0. The van der Waals surface area contributed by atoms with E-state index in [-0.39, 0.29) is 18.1 Å². The molecule has 15 heavy (non-hydrogen) atoms. The van der Waals surface area contributed by atoms with Gasteiger partial charge < -0.3 is 10.0 Å². The van der Waals surface area contributed by atoms with Crippen molar-refractivity contribution in [3.05, 3.63) is 29.6 Å². The minimum absolute atomic E-state index is 0.114. The van der Waals surface area contributed by atoms with Crippen molar-refractivity contribution in [3.8, 4) is 0 Å². The van der Waals surface area contributed by atoms with E-state index in [9.17, 15) is 14.3 Å². The standard InChI is InChI=1S/C11H12FNO2/c1-7-4-8(12)2-3-10(7)13-6-9(14)5-11(13)15/h2-4,9,14H,5-6H2,1H3. The third-order valence-electron chi connectivity index (χ3n) is 2.55. The molecule has 2 rings (SSSR count). The predicted molar refractivity (Wildman–Crippen MR) is 54.1 cm³/mol. The van der Waals surface area contributed by atoms with E-state index in [1.807, 2.05) is 0 Å². The molecule has 4 heteroatoms. The maximum absolute atomic E-state index is 12.9. The van der Waals surface area contributed by atoms with E-state index in [1.165, 1.54) is 17.0 Å². The lowest BCUT2D eigenvalue weighted by molar-refractivity contribution is -0.117. The number of carbonyl (C=O) groups excluding carboxylic acids is 1. The van der Waals surface area contributed by atoms with Crippen molar-refractivity contribution >= 4 is 11.6 Å². The Labute approximate surface area is 87.1 Å². The number of hydrogen-bond donors (Lipinski definition) is 1. The zero-order valence-corrected chi connectivity index (χ0v) is 8.40. The largest absolute Gasteiger partial charge is 0.391 e. The Hall–Kier alpha value is -1.42. The summed E-state index contributed by atoms with van der Waals surface area (Å²) in [6.45, 7) is 2.04. The first-order valence-corrected chi connectivity index (χ1v) is 4.82. The molecule has 0 radical (unpaired) electrons. The van der Waals surface area contributed by atoms with Crippen molar-refractivity contribution in [2.24, 2.45) is 0 Å². The van der Waals surface area contributed by atoms with Crippen LogP contribution in [0.25, 0.3) is 0 Å². The molecule has 1 atom stereocenters. The lowest BCUT2D eigenvalue weighted by atomic mass is 10.2. The Morgan fingerprint density at radius 3 is 2.80 bits per heavy atom. The molecule has 0 saturated carbocycles. The van der Waals surface area contributed by atoms with Gasteiger partial charge in [-0.3, -0.25) is 4.79 Å². The summed E-state index contributed by atoms with van der Waals surface area (Å²) >= 11 is 0. The van der Waals surface area contributed by atoms with Crippen LogP contribution in [0.5, 0.6) is 0 Å². The van der Waals surface area contributed by atoms with Crippen LogP contribution in [-0.2, 0) is 4.79 Å². The Morgan fingerprint density at radius 1 is 1.53 bits per heavy atom. The van der Waals surface area contributed by atoms with Crippen LogP contribution in [0.4, 0.5) is 10.1 Å². The van der Waals surface area contributed by atoms with E-state index in [1.54, 1.807) is 13.0 Å². The fourth-order valence-corrected chi connectivity index (χ4v) is 1.84. The van der Waals surface area contributed by atoms with Gasteiger partial charge in [-0.15, -0.1) is 0 Å². The monoisotopic (exact) mass is 209 g/mol. The average molecular weight is 209 g/mol. The van der Waals surface area contributed by atoms with E-state index in [0.717, 1.165) is 0 Å². The van der Waals surface area contributed by atoms with Gasteiger partial charge in [-0.1, -0.05) is 0 Å². The molecule has 1 aliphatic rings. The molecule has 1 fully saturated rings. The molecule has 1 aromatic rings. The number of benzene rings is 1. The van der Waals surface area contributed by atoms with Crippen molar-refractivity contribution in [2.45, 2.75) is 19.4 Å². The summed E-state index contributed by atoms with van der Waals surface area (Å²) in [6, 6.07) is 4.27. The highest BCUT2D eigenvalue weighted by Gasteiger charge is 2.29. The van der Waals surface area contributed by atoms with E-state index in [0.29, 0.717) is 17.8 Å². The van der Waals surface area contributed by atoms with Crippen LogP contribution in [0.15, 0.2) is 18.2 Å². The van der Waals surface area contributed by atoms with Gasteiger partial charge in [-0.25, -0.2) is 4.39 Å².